The molecular formula is C19H26N2O2. The number of ether oxygens (including phenoxy) is 1. The lowest BCUT2D eigenvalue weighted by atomic mass is 10.1. The summed E-state index contributed by atoms with van der Waals surface area (Å²) in [4.78, 5) is 14.2. The Bertz CT molecular complexity index is 537. The summed E-state index contributed by atoms with van der Waals surface area (Å²) in [7, 11) is 0. The minimum absolute atomic E-state index is 0.00133. The van der Waals surface area contributed by atoms with Gasteiger partial charge in [-0.15, -0.1) is 0 Å². The Kier molecular flexibility index (Phi) is 7.48. The fraction of sp³-hybridized carbons (Fsp3) is 0.526. The van der Waals surface area contributed by atoms with Crippen LogP contribution in [0.4, 0.5) is 0 Å². The molecule has 1 aliphatic heterocycles. The van der Waals surface area contributed by atoms with Crippen LogP contribution in [-0.2, 0) is 11.2 Å². The summed E-state index contributed by atoms with van der Waals surface area (Å²) >= 11 is 0. The van der Waals surface area contributed by atoms with E-state index in [2.05, 4.69) is 22.1 Å². The minimum Gasteiger partial charge on any atom is -0.494 e. The number of hydrogen-bond donors (Lipinski definition) is 1. The van der Waals surface area contributed by atoms with Crippen LogP contribution in [0, 0.1) is 11.8 Å². The molecule has 1 aliphatic rings. The summed E-state index contributed by atoms with van der Waals surface area (Å²) in [5, 5.41) is 2.85. The van der Waals surface area contributed by atoms with Gasteiger partial charge in [-0.2, -0.15) is 0 Å². The summed E-state index contributed by atoms with van der Waals surface area (Å²) in [6, 6.07) is 7.63. The van der Waals surface area contributed by atoms with E-state index < -0.39 is 0 Å². The average Bonchev–Trinajstić information content (AvgIpc) is 2.57. The second-order valence-electron chi connectivity index (χ2n) is 5.72. The molecule has 124 valence electrons. The molecule has 0 atom stereocenters. The second kappa shape index (κ2) is 9.91. The zero-order valence-corrected chi connectivity index (χ0v) is 13.9. The predicted octanol–water partition coefficient (Wildman–Crippen LogP) is 2.23. The number of piperidine rings is 1. The highest BCUT2D eigenvalue weighted by atomic mass is 16.5. The molecule has 0 bridgehead atoms. The molecule has 0 unspecified atom stereocenters. The van der Waals surface area contributed by atoms with Crippen LogP contribution in [0.25, 0.3) is 0 Å². The van der Waals surface area contributed by atoms with Gasteiger partial charge in [0.2, 0.25) is 5.91 Å². The number of amides is 1. The maximum atomic E-state index is 11.9. The molecule has 1 N–H and O–H groups in total. The third-order valence-electron chi connectivity index (χ3n) is 3.85. The second-order valence-corrected chi connectivity index (χ2v) is 5.72. The van der Waals surface area contributed by atoms with Crippen molar-refractivity contribution < 1.29 is 9.53 Å². The monoisotopic (exact) mass is 314 g/mol. The van der Waals surface area contributed by atoms with E-state index in [0.717, 1.165) is 30.9 Å². The first-order valence-corrected chi connectivity index (χ1v) is 8.44. The molecular weight excluding hydrogens is 288 g/mol. The third-order valence-corrected chi connectivity index (χ3v) is 3.85. The molecule has 4 nitrogen and oxygen atoms in total. The van der Waals surface area contributed by atoms with E-state index in [0.29, 0.717) is 19.6 Å². The van der Waals surface area contributed by atoms with Crippen LogP contribution in [0.15, 0.2) is 24.3 Å². The Balaban J connectivity index is 1.64. The van der Waals surface area contributed by atoms with Gasteiger partial charge in [-0.25, -0.2) is 0 Å². The van der Waals surface area contributed by atoms with Gasteiger partial charge in [-0.05, 0) is 50.6 Å². The minimum atomic E-state index is 0.00133. The number of nitrogens with zero attached hydrogens (tertiary/aromatic N) is 1. The standard InChI is InChI=1S/C19H26N2O2/c1-2-23-18-10-8-17(9-11-18)16-19(22)20-12-4-7-15-21-13-5-3-6-14-21/h8-11H,2-3,5-6,12-16H2,1H3,(H,20,22). The lowest BCUT2D eigenvalue weighted by molar-refractivity contribution is -0.120. The topological polar surface area (TPSA) is 41.6 Å². The van der Waals surface area contributed by atoms with Gasteiger partial charge in [0.25, 0.3) is 0 Å². The Morgan fingerprint density at radius 1 is 1.17 bits per heavy atom. The van der Waals surface area contributed by atoms with Gasteiger partial charge in [-0.1, -0.05) is 30.4 Å². The van der Waals surface area contributed by atoms with Crippen LogP contribution in [0.3, 0.4) is 0 Å². The van der Waals surface area contributed by atoms with Crippen molar-refractivity contribution in [3.05, 3.63) is 29.8 Å². The smallest absolute Gasteiger partial charge is 0.225 e. The van der Waals surface area contributed by atoms with Crippen LogP contribution < -0.4 is 10.1 Å². The van der Waals surface area contributed by atoms with E-state index in [-0.39, 0.29) is 5.91 Å². The van der Waals surface area contributed by atoms with Gasteiger partial charge in [-0.3, -0.25) is 9.69 Å². The first-order chi connectivity index (χ1) is 11.3. The van der Waals surface area contributed by atoms with Gasteiger partial charge in [0.15, 0.2) is 0 Å². The summed E-state index contributed by atoms with van der Waals surface area (Å²) in [5.74, 6) is 7.01. The molecule has 23 heavy (non-hydrogen) atoms. The number of carbonyl (C=O) groups is 1. The van der Waals surface area contributed by atoms with Crippen molar-refractivity contribution in [1.29, 1.82) is 0 Å². The number of rotatable bonds is 6. The summed E-state index contributed by atoms with van der Waals surface area (Å²) < 4.78 is 5.38. The Morgan fingerprint density at radius 2 is 1.91 bits per heavy atom. The highest BCUT2D eigenvalue weighted by Crippen LogP contribution is 2.12. The lowest BCUT2D eigenvalue weighted by Crippen LogP contribution is -2.30. The van der Waals surface area contributed by atoms with E-state index in [1.165, 1.54) is 19.3 Å². The van der Waals surface area contributed by atoms with Crippen molar-refractivity contribution in [1.82, 2.24) is 10.2 Å². The molecule has 1 fully saturated rings. The highest BCUT2D eigenvalue weighted by molar-refractivity contribution is 5.78. The Hall–Kier alpha value is -1.99. The van der Waals surface area contributed by atoms with Gasteiger partial charge < -0.3 is 10.1 Å². The first kappa shape index (κ1) is 17.4. The quantitative estimate of drug-likeness (QED) is 0.819. The van der Waals surface area contributed by atoms with Crippen molar-refractivity contribution in [3.63, 3.8) is 0 Å². The van der Waals surface area contributed by atoms with Crippen molar-refractivity contribution in [2.45, 2.75) is 32.6 Å². The predicted molar refractivity (Wildman–Crippen MR) is 92.4 cm³/mol. The van der Waals surface area contributed by atoms with Crippen LogP contribution in [-0.4, -0.2) is 43.6 Å². The zero-order valence-electron chi connectivity index (χ0n) is 13.9. The Labute approximate surface area is 139 Å². The molecule has 0 saturated carbocycles. The molecule has 0 spiro atoms. The van der Waals surface area contributed by atoms with Gasteiger partial charge in [0.1, 0.15) is 5.75 Å². The van der Waals surface area contributed by atoms with Gasteiger partial charge in [0, 0.05) is 0 Å². The van der Waals surface area contributed by atoms with Crippen molar-refractivity contribution in [3.8, 4) is 17.6 Å². The van der Waals surface area contributed by atoms with Gasteiger partial charge >= 0.3 is 0 Å². The summed E-state index contributed by atoms with van der Waals surface area (Å²) in [6.07, 6.45) is 4.27. The number of nitrogens with one attached hydrogen (secondary N) is 1. The maximum absolute atomic E-state index is 11.9. The molecule has 0 aromatic heterocycles. The fourth-order valence-electron chi connectivity index (χ4n) is 2.61. The van der Waals surface area contributed by atoms with Gasteiger partial charge in [0.05, 0.1) is 26.1 Å². The molecule has 1 amide bonds. The molecule has 2 rings (SSSR count). The first-order valence-electron chi connectivity index (χ1n) is 8.44. The molecule has 1 aromatic carbocycles. The van der Waals surface area contributed by atoms with Crippen molar-refractivity contribution in [2.24, 2.45) is 0 Å². The van der Waals surface area contributed by atoms with E-state index >= 15 is 0 Å². The fourth-order valence-corrected chi connectivity index (χ4v) is 2.61. The maximum Gasteiger partial charge on any atom is 0.225 e. The highest BCUT2D eigenvalue weighted by Gasteiger charge is 2.07. The third kappa shape index (κ3) is 6.75. The number of hydrogen-bond acceptors (Lipinski definition) is 3. The number of carbonyl (C=O) groups excluding carboxylic acids is 1. The summed E-state index contributed by atoms with van der Waals surface area (Å²) in [5.41, 5.74) is 0.979. The van der Waals surface area contributed by atoms with Crippen molar-refractivity contribution in [2.75, 3.05) is 32.8 Å². The lowest BCUT2D eigenvalue weighted by Gasteiger charge is -2.23. The van der Waals surface area contributed by atoms with E-state index in [4.69, 9.17) is 4.74 Å². The molecule has 1 heterocycles. The van der Waals surface area contributed by atoms with E-state index in [9.17, 15) is 4.79 Å². The Morgan fingerprint density at radius 3 is 2.61 bits per heavy atom. The van der Waals surface area contributed by atoms with Crippen LogP contribution in [0.5, 0.6) is 5.75 Å². The summed E-state index contributed by atoms with van der Waals surface area (Å²) in [6.45, 7) is 6.14. The normalized spacial score (nSPS) is 14.7. The van der Waals surface area contributed by atoms with E-state index in [1.807, 2.05) is 31.2 Å². The average molecular weight is 314 g/mol. The number of benzene rings is 1. The number of likely N-dealkylation sites (tertiary alicyclic amines) is 1. The molecule has 0 aliphatic carbocycles. The molecule has 4 heteroatoms. The van der Waals surface area contributed by atoms with Crippen LogP contribution in [0.1, 0.15) is 31.7 Å². The van der Waals surface area contributed by atoms with Crippen molar-refractivity contribution >= 4 is 5.91 Å². The van der Waals surface area contributed by atoms with Crippen LogP contribution >= 0.6 is 0 Å². The van der Waals surface area contributed by atoms with E-state index in [1.54, 1.807) is 0 Å². The SMILES string of the molecule is CCOc1ccc(CC(=O)NCC#CCN2CCCCC2)cc1. The molecule has 1 saturated heterocycles. The molecule has 0 radical (unpaired) electrons. The largest absolute Gasteiger partial charge is 0.494 e. The van der Waals surface area contributed by atoms with Crippen LogP contribution in [0.2, 0.25) is 0 Å². The zero-order chi connectivity index (χ0) is 16.3. The molecule has 1 aromatic rings.